The SMILES string of the molecule is Fc1cccc2c1SCCC2Nc1ccc2c(c1)CCC2. The van der Waals surface area contributed by atoms with Gasteiger partial charge in [0, 0.05) is 16.3 Å². The second kappa shape index (κ2) is 5.38. The van der Waals surface area contributed by atoms with Crippen molar-refractivity contribution in [3.8, 4) is 0 Å². The highest BCUT2D eigenvalue weighted by molar-refractivity contribution is 7.99. The number of rotatable bonds is 2. The van der Waals surface area contributed by atoms with E-state index in [1.54, 1.807) is 17.8 Å². The van der Waals surface area contributed by atoms with Gasteiger partial charge in [-0.1, -0.05) is 18.2 Å². The number of thioether (sulfide) groups is 1. The third kappa shape index (κ3) is 2.44. The van der Waals surface area contributed by atoms with Gasteiger partial charge in [0.2, 0.25) is 0 Å². The molecule has 0 spiro atoms. The van der Waals surface area contributed by atoms with Crippen LogP contribution in [-0.2, 0) is 12.8 Å². The summed E-state index contributed by atoms with van der Waals surface area (Å²) in [4.78, 5) is 0.822. The van der Waals surface area contributed by atoms with Crippen molar-refractivity contribution in [2.75, 3.05) is 11.1 Å². The number of anilines is 1. The molecule has 0 radical (unpaired) electrons. The van der Waals surface area contributed by atoms with Gasteiger partial charge in [0.15, 0.2) is 0 Å². The van der Waals surface area contributed by atoms with Crippen LogP contribution in [0.4, 0.5) is 10.1 Å². The Bertz CT molecular complexity index is 683. The minimum absolute atomic E-state index is 0.0852. The Morgan fingerprint density at radius 1 is 1.10 bits per heavy atom. The van der Waals surface area contributed by atoms with Crippen molar-refractivity contribution in [2.24, 2.45) is 0 Å². The topological polar surface area (TPSA) is 12.0 Å². The van der Waals surface area contributed by atoms with Crippen LogP contribution in [0.15, 0.2) is 41.3 Å². The van der Waals surface area contributed by atoms with E-state index in [4.69, 9.17) is 0 Å². The fourth-order valence-electron chi connectivity index (χ4n) is 3.40. The van der Waals surface area contributed by atoms with Crippen LogP contribution in [0.2, 0.25) is 0 Å². The maximum absolute atomic E-state index is 13.9. The summed E-state index contributed by atoms with van der Waals surface area (Å²) >= 11 is 1.63. The zero-order chi connectivity index (χ0) is 14.2. The zero-order valence-corrected chi connectivity index (χ0v) is 12.7. The van der Waals surface area contributed by atoms with E-state index in [9.17, 15) is 4.39 Å². The molecule has 0 saturated heterocycles. The van der Waals surface area contributed by atoms with Crippen LogP contribution in [0.25, 0.3) is 0 Å². The van der Waals surface area contributed by atoms with Crippen LogP contribution in [0, 0.1) is 5.82 Å². The molecule has 1 heterocycles. The van der Waals surface area contributed by atoms with Gasteiger partial charge in [0.05, 0.1) is 6.04 Å². The highest BCUT2D eigenvalue weighted by Gasteiger charge is 2.23. The summed E-state index contributed by atoms with van der Waals surface area (Å²) in [7, 11) is 0. The molecule has 1 aliphatic heterocycles. The number of aryl methyl sites for hydroxylation is 2. The Hall–Kier alpha value is -1.48. The van der Waals surface area contributed by atoms with Gasteiger partial charge in [-0.2, -0.15) is 0 Å². The molecule has 1 unspecified atom stereocenters. The first-order valence-corrected chi connectivity index (χ1v) is 8.59. The average molecular weight is 299 g/mol. The maximum atomic E-state index is 13.9. The number of nitrogens with one attached hydrogen (secondary N) is 1. The van der Waals surface area contributed by atoms with Gasteiger partial charge < -0.3 is 5.32 Å². The summed E-state index contributed by atoms with van der Waals surface area (Å²) in [5.74, 6) is 0.884. The quantitative estimate of drug-likeness (QED) is 0.841. The number of hydrogen-bond acceptors (Lipinski definition) is 2. The molecule has 0 amide bonds. The number of benzene rings is 2. The maximum Gasteiger partial charge on any atom is 0.137 e. The Balaban J connectivity index is 1.63. The summed E-state index contributed by atoms with van der Waals surface area (Å²) in [6, 6.07) is 12.3. The van der Waals surface area contributed by atoms with Gasteiger partial charge >= 0.3 is 0 Å². The van der Waals surface area contributed by atoms with Crippen molar-refractivity contribution in [2.45, 2.75) is 36.6 Å². The average Bonchev–Trinajstić information content (AvgIpc) is 2.96. The fraction of sp³-hybridized carbons (Fsp3) is 0.333. The number of halogens is 1. The van der Waals surface area contributed by atoms with E-state index in [2.05, 4.69) is 29.6 Å². The van der Waals surface area contributed by atoms with Crippen LogP contribution < -0.4 is 5.32 Å². The van der Waals surface area contributed by atoms with E-state index >= 15 is 0 Å². The second-order valence-corrected chi connectivity index (χ2v) is 6.93. The van der Waals surface area contributed by atoms with Crippen molar-refractivity contribution in [3.63, 3.8) is 0 Å². The van der Waals surface area contributed by atoms with Gasteiger partial charge in [-0.3, -0.25) is 0 Å². The number of fused-ring (bicyclic) bond motifs is 2. The zero-order valence-electron chi connectivity index (χ0n) is 11.9. The predicted molar refractivity (Wildman–Crippen MR) is 86.6 cm³/mol. The normalized spacial score (nSPS) is 20.0. The second-order valence-electron chi connectivity index (χ2n) is 5.83. The molecule has 108 valence electrons. The lowest BCUT2D eigenvalue weighted by Gasteiger charge is -2.27. The molecule has 2 aromatic carbocycles. The predicted octanol–water partition coefficient (Wildman–Crippen LogP) is 4.96. The van der Waals surface area contributed by atoms with E-state index in [1.807, 2.05) is 6.07 Å². The van der Waals surface area contributed by atoms with Crippen molar-refractivity contribution >= 4 is 17.4 Å². The molecule has 2 aliphatic rings. The van der Waals surface area contributed by atoms with Gasteiger partial charge in [0.1, 0.15) is 5.82 Å². The molecule has 0 fully saturated rings. The lowest BCUT2D eigenvalue weighted by atomic mass is 10.0. The smallest absolute Gasteiger partial charge is 0.137 e. The molecular formula is C18H18FNS. The molecule has 1 nitrogen and oxygen atoms in total. The van der Waals surface area contributed by atoms with E-state index in [0.29, 0.717) is 0 Å². The van der Waals surface area contributed by atoms with Crippen LogP contribution in [0.1, 0.15) is 35.6 Å². The molecule has 0 saturated carbocycles. The summed E-state index contributed by atoms with van der Waals surface area (Å²) in [6.45, 7) is 0. The van der Waals surface area contributed by atoms with Crippen LogP contribution in [0.3, 0.4) is 0 Å². The summed E-state index contributed by atoms with van der Waals surface area (Å²) < 4.78 is 13.9. The summed E-state index contributed by atoms with van der Waals surface area (Å²) in [6.07, 6.45) is 4.71. The lowest BCUT2D eigenvalue weighted by Crippen LogP contribution is -2.17. The van der Waals surface area contributed by atoms with Crippen LogP contribution in [-0.4, -0.2) is 5.75 Å². The Morgan fingerprint density at radius 2 is 2.00 bits per heavy atom. The highest BCUT2D eigenvalue weighted by atomic mass is 32.2. The molecule has 3 heteroatoms. The Labute approximate surface area is 129 Å². The summed E-state index contributed by atoms with van der Waals surface area (Å²) in [5, 5.41) is 3.61. The van der Waals surface area contributed by atoms with E-state index in [0.717, 1.165) is 22.6 Å². The molecular weight excluding hydrogens is 281 g/mol. The van der Waals surface area contributed by atoms with Gasteiger partial charge in [-0.05, 0) is 60.6 Å². The van der Waals surface area contributed by atoms with Crippen LogP contribution in [0.5, 0.6) is 0 Å². The van der Waals surface area contributed by atoms with E-state index in [-0.39, 0.29) is 11.9 Å². The largest absolute Gasteiger partial charge is 0.378 e. The standard InChI is InChI=1S/C18H18FNS/c19-16-6-2-5-15-17(9-10-21-18(15)16)20-14-8-7-12-3-1-4-13(12)11-14/h2,5-8,11,17,20H,1,3-4,9-10H2. The van der Waals surface area contributed by atoms with Crippen molar-refractivity contribution in [1.82, 2.24) is 0 Å². The minimum Gasteiger partial charge on any atom is -0.378 e. The molecule has 1 atom stereocenters. The highest BCUT2D eigenvalue weighted by Crippen LogP contribution is 2.39. The molecule has 1 N–H and O–H groups in total. The first kappa shape index (κ1) is 13.2. The summed E-state index contributed by atoms with van der Waals surface area (Å²) in [5.41, 5.74) is 5.24. The Morgan fingerprint density at radius 3 is 2.95 bits per heavy atom. The van der Waals surface area contributed by atoms with E-state index < -0.39 is 0 Å². The minimum atomic E-state index is -0.0852. The van der Waals surface area contributed by atoms with Gasteiger partial charge in [-0.15, -0.1) is 11.8 Å². The first-order chi connectivity index (χ1) is 10.3. The van der Waals surface area contributed by atoms with Gasteiger partial charge in [-0.25, -0.2) is 4.39 Å². The Kier molecular flexibility index (Phi) is 3.38. The molecule has 1 aliphatic carbocycles. The molecule has 4 rings (SSSR count). The number of hydrogen-bond donors (Lipinski definition) is 1. The third-order valence-electron chi connectivity index (χ3n) is 4.47. The van der Waals surface area contributed by atoms with E-state index in [1.165, 1.54) is 36.1 Å². The van der Waals surface area contributed by atoms with Gasteiger partial charge in [0.25, 0.3) is 0 Å². The first-order valence-electron chi connectivity index (χ1n) is 7.61. The fourth-order valence-corrected chi connectivity index (χ4v) is 4.54. The third-order valence-corrected chi connectivity index (χ3v) is 5.62. The van der Waals surface area contributed by atoms with Crippen molar-refractivity contribution in [1.29, 1.82) is 0 Å². The van der Waals surface area contributed by atoms with Crippen molar-refractivity contribution < 1.29 is 4.39 Å². The lowest BCUT2D eigenvalue weighted by molar-refractivity contribution is 0.585. The van der Waals surface area contributed by atoms with Crippen LogP contribution >= 0.6 is 11.8 Å². The monoisotopic (exact) mass is 299 g/mol. The van der Waals surface area contributed by atoms with Crippen molar-refractivity contribution in [3.05, 3.63) is 58.9 Å². The molecule has 0 aromatic heterocycles. The molecule has 0 bridgehead atoms. The molecule has 2 aromatic rings. The molecule has 21 heavy (non-hydrogen) atoms.